The zero-order chi connectivity index (χ0) is 11.4. The number of benzene rings is 1. The number of phenols is 1. The lowest BCUT2D eigenvalue weighted by atomic mass is 10.1. The predicted molar refractivity (Wildman–Crippen MR) is 56.7 cm³/mol. The molecule has 0 bridgehead atoms. The Morgan fingerprint density at radius 3 is 2.60 bits per heavy atom. The van der Waals surface area contributed by atoms with Crippen LogP contribution in [-0.4, -0.2) is 40.7 Å². The average Bonchev–Trinajstić information content (AvgIpc) is 2.16. The molecule has 2 N–H and O–H groups in total. The Morgan fingerprint density at radius 2 is 2.07 bits per heavy atom. The molecule has 15 heavy (non-hydrogen) atoms. The van der Waals surface area contributed by atoms with E-state index in [-0.39, 0.29) is 23.8 Å². The summed E-state index contributed by atoms with van der Waals surface area (Å²) in [6.45, 7) is 1.85. The molecule has 0 aliphatic carbocycles. The van der Waals surface area contributed by atoms with Gasteiger partial charge in [-0.2, -0.15) is 0 Å². The number of para-hydroxylation sites is 1. The highest BCUT2D eigenvalue weighted by Gasteiger charge is 2.15. The van der Waals surface area contributed by atoms with E-state index in [0.29, 0.717) is 0 Å². The van der Waals surface area contributed by atoms with Crippen molar-refractivity contribution in [3.05, 3.63) is 29.8 Å². The highest BCUT2D eigenvalue weighted by atomic mass is 16.3. The zero-order valence-electron chi connectivity index (χ0n) is 8.84. The number of carbonyl (C=O) groups is 1. The maximum atomic E-state index is 11.8. The minimum atomic E-state index is -0.579. The van der Waals surface area contributed by atoms with Crippen LogP contribution in [0.2, 0.25) is 0 Å². The topological polar surface area (TPSA) is 60.8 Å². The number of aliphatic hydroxyl groups is 1. The maximum Gasteiger partial charge on any atom is 0.257 e. The second-order valence-corrected chi connectivity index (χ2v) is 3.55. The highest BCUT2D eigenvalue weighted by molar-refractivity contribution is 5.96. The van der Waals surface area contributed by atoms with E-state index in [1.807, 2.05) is 0 Å². The van der Waals surface area contributed by atoms with Crippen LogP contribution in [0.1, 0.15) is 17.3 Å². The van der Waals surface area contributed by atoms with Gasteiger partial charge in [-0.15, -0.1) is 0 Å². The average molecular weight is 209 g/mol. The summed E-state index contributed by atoms with van der Waals surface area (Å²) in [5, 5.41) is 18.6. The van der Waals surface area contributed by atoms with Gasteiger partial charge in [0, 0.05) is 13.6 Å². The van der Waals surface area contributed by atoms with Crippen LogP contribution in [0.3, 0.4) is 0 Å². The molecule has 1 atom stereocenters. The Hall–Kier alpha value is -1.55. The zero-order valence-corrected chi connectivity index (χ0v) is 8.84. The normalized spacial score (nSPS) is 12.2. The molecule has 1 unspecified atom stereocenters. The third-order valence-electron chi connectivity index (χ3n) is 2.02. The summed E-state index contributed by atoms with van der Waals surface area (Å²) in [5.41, 5.74) is 0.251. The molecule has 0 radical (unpaired) electrons. The number of amides is 1. The third kappa shape index (κ3) is 2.95. The van der Waals surface area contributed by atoms with Crippen molar-refractivity contribution < 1.29 is 15.0 Å². The van der Waals surface area contributed by atoms with Gasteiger partial charge in [0.25, 0.3) is 5.91 Å². The first-order chi connectivity index (χ1) is 7.02. The highest BCUT2D eigenvalue weighted by Crippen LogP contribution is 2.17. The molecule has 82 valence electrons. The number of rotatable bonds is 3. The van der Waals surface area contributed by atoms with Gasteiger partial charge in [0.2, 0.25) is 0 Å². The third-order valence-corrected chi connectivity index (χ3v) is 2.02. The quantitative estimate of drug-likeness (QED) is 0.775. The van der Waals surface area contributed by atoms with Crippen LogP contribution in [0, 0.1) is 0 Å². The van der Waals surface area contributed by atoms with Crippen molar-refractivity contribution in [2.24, 2.45) is 0 Å². The molecule has 0 aromatic heterocycles. The van der Waals surface area contributed by atoms with Crippen molar-refractivity contribution in [1.29, 1.82) is 0 Å². The summed E-state index contributed by atoms with van der Waals surface area (Å²) in [5.74, 6) is -0.339. The first kappa shape index (κ1) is 11.5. The van der Waals surface area contributed by atoms with E-state index < -0.39 is 6.10 Å². The van der Waals surface area contributed by atoms with Crippen molar-refractivity contribution in [2.45, 2.75) is 13.0 Å². The SMILES string of the molecule is CC(O)CN(C)C(=O)c1ccccc1O. The molecule has 0 saturated heterocycles. The summed E-state index contributed by atoms with van der Waals surface area (Å²) in [4.78, 5) is 13.1. The minimum Gasteiger partial charge on any atom is -0.507 e. The van der Waals surface area contributed by atoms with Crippen molar-refractivity contribution in [2.75, 3.05) is 13.6 Å². The number of carbonyl (C=O) groups excluding carboxylic acids is 1. The summed E-state index contributed by atoms with van der Waals surface area (Å²) >= 11 is 0. The van der Waals surface area contributed by atoms with Crippen molar-refractivity contribution in [3.63, 3.8) is 0 Å². The first-order valence-corrected chi connectivity index (χ1v) is 4.74. The predicted octanol–water partition coefficient (Wildman–Crippen LogP) is 0.845. The van der Waals surface area contributed by atoms with E-state index in [0.717, 1.165) is 0 Å². The molecule has 0 saturated carbocycles. The van der Waals surface area contributed by atoms with Crippen LogP contribution in [0.25, 0.3) is 0 Å². The fourth-order valence-electron chi connectivity index (χ4n) is 1.34. The standard InChI is InChI=1S/C11H15NO3/c1-8(13)7-12(2)11(15)9-5-3-4-6-10(9)14/h3-6,8,13-14H,7H2,1-2H3. The maximum absolute atomic E-state index is 11.8. The van der Waals surface area contributed by atoms with Crippen LogP contribution in [0.4, 0.5) is 0 Å². The van der Waals surface area contributed by atoms with Crippen molar-refractivity contribution in [3.8, 4) is 5.75 Å². The molecule has 0 heterocycles. The lowest BCUT2D eigenvalue weighted by Gasteiger charge is -2.19. The minimum absolute atomic E-state index is 0.0417. The summed E-state index contributed by atoms with van der Waals surface area (Å²) < 4.78 is 0. The van der Waals surface area contributed by atoms with Crippen LogP contribution in [0.5, 0.6) is 5.75 Å². The van der Waals surface area contributed by atoms with Gasteiger partial charge < -0.3 is 15.1 Å². The second kappa shape index (κ2) is 4.79. The number of likely N-dealkylation sites (N-methyl/N-ethyl adjacent to an activating group) is 1. The van der Waals surface area contributed by atoms with Gasteiger partial charge in [-0.05, 0) is 19.1 Å². The van der Waals surface area contributed by atoms with E-state index in [4.69, 9.17) is 5.11 Å². The summed E-state index contributed by atoms with van der Waals surface area (Å²) in [6.07, 6.45) is -0.579. The number of aliphatic hydroxyl groups excluding tert-OH is 1. The van der Waals surface area contributed by atoms with Crippen LogP contribution in [-0.2, 0) is 0 Å². The second-order valence-electron chi connectivity index (χ2n) is 3.55. The van der Waals surface area contributed by atoms with Gasteiger partial charge in [-0.3, -0.25) is 4.79 Å². The van der Waals surface area contributed by atoms with Crippen molar-refractivity contribution >= 4 is 5.91 Å². The molecule has 1 aromatic rings. The van der Waals surface area contributed by atoms with Crippen molar-refractivity contribution in [1.82, 2.24) is 4.90 Å². The van der Waals surface area contributed by atoms with Crippen LogP contribution < -0.4 is 0 Å². The fourth-order valence-corrected chi connectivity index (χ4v) is 1.34. The van der Waals surface area contributed by atoms with E-state index in [9.17, 15) is 9.90 Å². The van der Waals surface area contributed by atoms with Gasteiger partial charge in [0.15, 0.2) is 0 Å². The Balaban J connectivity index is 2.81. The smallest absolute Gasteiger partial charge is 0.257 e. The fraction of sp³-hybridized carbons (Fsp3) is 0.364. The van der Waals surface area contributed by atoms with Gasteiger partial charge in [0.05, 0.1) is 11.7 Å². The molecule has 1 amide bonds. The van der Waals surface area contributed by atoms with Crippen LogP contribution >= 0.6 is 0 Å². The Morgan fingerprint density at radius 1 is 1.47 bits per heavy atom. The van der Waals surface area contributed by atoms with E-state index >= 15 is 0 Å². The summed E-state index contributed by atoms with van der Waals surface area (Å²) in [7, 11) is 1.58. The molecule has 0 spiro atoms. The molecule has 0 fully saturated rings. The molecule has 0 aliphatic heterocycles. The Bertz CT molecular complexity index is 349. The Kier molecular flexibility index (Phi) is 3.68. The molecular weight excluding hydrogens is 194 g/mol. The van der Waals surface area contributed by atoms with Gasteiger partial charge >= 0.3 is 0 Å². The number of phenolic OH excluding ortho intramolecular Hbond substituents is 1. The lowest BCUT2D eigenvalue weighted by Crippen LogP contribution is -2.33. The van der Waals surface area contributed by atoms with E-state index in [1.54, 1.807) is 32.2 Å². The molecule has 0 aliphatic rings. The van der Waals surface area contributed by atoms with Crippen LogP contribution in [0.15, 0.2) is 24.3 Å². The van der Waals surface area contributed by atoms with E-state index in [2.05, 4.69) is 0 Å². The first-order valence-electron chi connectivity index (χ1n) is 4.74. The van der Waals surface area contributed by atoms with Gasteiger partial charge in [-0.25, -0.2) is 0 Å². The number of hydrogen-bond donors (Lipinski definition) is 2. The monoisotopic (exact) mass is 209 g/mol. The van der Waals surface area contributed by atoms with Gasteiger partial charge in [0.1, 0.15) is 5.75 Å². The molecule has 1 aromatic carbocycles. The number of aromatic hydroxyl groups is 1. The molecule has 4 heteroatoms. The molecule has 4 nitrogen and oxygen atoms in total. The van der Waals surface area contributed by atoms with Gasteiger partial charge in [-0.1, -0.05) is 12.1 Å². The largest absolute Gasteiger partial charge is 0.507 e. The number of nitrogens with zero attached hydrogens (tertiary/aromatic N) is 1. The molecular formula is C11H15NO3. The molecule has 1 rings (SSSR count). The Labute approximate surface area is 88.8 Å². The summed E-state index contributed by atoms with van der Waals surface area (Å²) in [6, 6.07) is 6.35. The van der Waals surface area contributed by atoms with E-state index in [1.165, 1.54) is 11.0 Å². The number of hydrogen-bond acceptors (Lipinski definition) is 3. The lowest BCUT2D eigenvalue weighted by molar-refractivity contribution is 0.0701.